The second-order valence-electron chi connectivity index (χ2n) is 6.56. The Balaban J connectivity index is 1.43. The molecule has 5 heteroatoms. The molecule has 0 radical (unpaired) electrons. The SMILES string of the molecule is COc1cccc(C(=O)N2CCC(CCOc3ccc(F)cc3)CC2)c1. The zero-order valence-electron chi connectivity index (χ0n) is 15.0. The molecule has 4 nitrogen and oxygen atoms in total. The van der Waals surface area contributed by atoms with Gasteiger partial charge in [0, 0.05) is 18.7 Å². The average molecular weight is 357 g/mol. The lowest BCUT2D eigenvalue weighted by molar-refractivity contribution is 0.0679. The fraction of sp³-hybridized carbons (Fsp3) is 0.381. The minimum atomic E-state index is -0.259. The summed E-state index contributed by atoms with van der Waals surface area (Å²) < 4.78 is 23.7. The molecule has 0 bridgehead atoms. The van der Waals surface area contributed by atoms with E-state index in [0.717, 1.165) is 32.4 Å². The quantitative estimate of drug-likeness (QED) is 0.779. The number of amides is 1. The molecule has 0 unspecified atom stereocenters. The fourth-order valence-corrected chi connectivity index (χ4v) is 3.24. The first-order valence-corrected chi connectivity index (χ1v) is 8.97. The van der Waals surface area contributed by atoms with Crippen LogP contribution in [-0.4, -0.2) is 37.6 Å². The smallest absolute Gasteiger partial charge is 0.253 e. The van der Waals surface area contributed by atoms with Crippen molar-refractivity contribution in [1.82, 2.24) is 4.90 Å². The first-order valence-electron chi connectivity index (χ1n) is 8.97. The highest BCUT2D eigenvalue weighted by molar-refractivity contribution is 5.94. The van der Waals surface area contributed by atoms with Gasteiger partial charge in [-0.1, -0.05) is 6.07 Å². The third-order valence-corrected chi connectivity index (χ3v) is 4.83. The maximum Gasteiger partial charge on any atom is 0.253 e. The van der Waals surface area contributed by atoms with Crippen LogP contribution in [0.4, 0.5) is 4.39 Å². The molecule has 1 aliphatic rings. The summed E-state index contributed by atoms with van der Waals surface area (Å²) in [6, 6.07) is 13.4. The Labute approximate surface area is 153 Å². The molecule has 1 heterocycles. The van der Waals surface area contributed by atoms with Gasteiger partial charge in [0.05, 0.1) is 13.7 Å². The number of carbonyl (C=O) groups is 1. The molecule has 0 aromatic heterocycles. The Hall–Kier alpha value is -2.56. The van der Waals surface area contributed by atoms with Crippen molar-refractivity contribution in [2.75, 3.05) is 26.8 Å². The number of nitrogens with zero attached hydrogens (tertiary/aromatic N) is 1. The Morgan fingerprint density at radius 1 is 1.12 bits per heavy atom. The van der Waals surface area contributed by atoms with E-state index >= 15 is 0 Å². The van der Waals surface area contributed by atoms with E-state index in [1.54, 1.807) is 25.3 Å². The standard InChI is InChI=1S/C21H24FNO3/c1-25-20-4-2-3-17(15-20)21(24)23-12-9-16(10-13-23)11-14-26-19-7-5-18(22)6-8-19/h2-8,15-16H,9-14H2,1H3. The monoisotopic (exact) mass is 357 g/mol. The number of carbonyl (C=O) groups excluding carboxylic acids is 1. The van der Waals surface area contributed by atoms with Gasteiger partial charge in [0.2, 0.25) is 0 Å². The molecule has 2 aromatic rings. The molecule has 0 N–H and O–H groups in total. The van der Waals surface area contributed by atoms with Crippen LogP contribution in [0.2, 0.25) is 0 Å². The summed E-state index contributed by atoms with van der Waals surface area (Å²) in [7, 11) is 1.60. The lowest BCUT2D eigenvalue weighted by Gasteiger charge is -2.32. The van der Waals surface area contributed by atoms with E-state index in [9.17, 15) is 9.18 Å². The van der Waals surface area contributed by atoms with Gasteiger partial charge in [0.1, 0.15) is 17.3 Å². The number of halogens is 1. The van der Waals surface area contributed by atoms with Crippen LogP contribution < -0.4 is 9.47 Å². The highest BCUT2D eigenvalue weighted by atomic mass is 19.1. The van der Waals surface area contributed by atoms with Gasteiger partial charge in [0.15, 0.2) is 0 Å². The Kier molecular flexibility index (Phi) is 6.10. The molecule has 1 amide bonds. The summed E-state index contributed by atoms with van der Waals surface area (Å²) >= 11 is 0. The van der Waals surface area contributed by atoms with Gasteiger partial charge in [-0.05, 0) is 67.6 Å². The summed E-state index contributed by atoms with van der Waals surface area (Å²) in [5.74, 6) is 1.74. The Bertz CT molecular complexity index is 724. The predicted octanol–water partition coefficient (Wildman–Crippen LogP) is 4.16. The van der Waals surface area contributed by atoms with Crippen LogP contribution in [0.25, 0.3) is 0 Å². The molecule has 0 saturated carbocycles. The fourth-order valence-electron chi connectivity index (χ4n) is 3.24. The van der Waals surface area contributed by atoms with Crippen molar-refractivity contribution in [2.24, 2.45) is 5.92 Å². The molecule has 0 atom stereocenters. The average Bonchev–Trinajstić information content (AvgIpc) is 2.69. The summed E-state index contributed by atoms with van der Waals surface area (Å²) in [5, 5.41) is 0. The Morgan fingerprint density at radius 2 is 1.85 bits per heavy atom. The van der Waals surface area contributed by atoms with Gasteiger partial charge < -0.3 is 14.4 Å². The molecule has 1 fully saturated rings. The van der Waals surface area contributed by atoms with E-state index in [-0.39, 0.29) is 11.7 Å². The van der Waals surface area contributed by atoms with Crippen LogP contribution in [0.1, 0.15) is 29.6 Å². The van der Waals surface area contributed by atoms with Gasteiger partial charge in [0.25, 0.3) is 5.91 Å². The lowest BCUT2D eigenvalue weighted by atomic mass is 9.93. The molecule has 0 spiro atoms. The number of piperidine rings is 1. The van der Waals surface area contributed by atoms with E-state index in [1.165, 1.54) is 12.1 Å². The predicted molar refractivity (Wildman–Crippen MR) is 98.1 cm³/mol. The first kappa shape index (κ1) is 18.2. The molecule has 26 heavy (non-hydrogen) atoms. The number of methoxy groups -OCH3 is 1. The molecule has 1 saturated heterocycles. The molecule has 0 aliphatic carbocycles. The van der Waals surface area contributed by atoms with Crippen LogP contribution in [-0.2, 0) is 0 Å². The maximum absolute atomic E-state index is 12.9. The van der Waals surface area contributed by atoms with Crippen molar-refractivity contribution in [3.63, 3.8) is 0 Å². The first-order chi connectivity index (χ1) is 12.7. The van der Waals surface area contributed by atoms with Gasteiger partial charge in [-0.25, -0.2) is 4.39 Å². The zero-order valence-corrected chi connectivity index (χ0v) is 15.0. The van der Waals surface area contributed by atoms with Crippen molar-refractivity contribution < 1.29 is 18.7 Å². The van der Waals surface area contributed by atoms with Crippen LogP contribution in [0, 0.1) is 11.7 Å². The van der Waals surface area contributed by atoms with Crippen LogP contribution in [0.5, 0.6) is 11.5 Å². The normalized spacial score (nSPS) is 14.9. The Morgan fingerprint density at radius 3 is 2.54 bits per heavy atom. The van der Waals surface area contributed by atoms with Gasteiger partial charge in [-0.2, -0.15) is 0 Å². The van der Waals surface area contributed by atoms with Crippen LogP contribution in [0.15, 0.2) is 48.5 Å². The van der Waals surface area contributed by atoms with Crippen molar-refractivity contribution in [2.45, 2.75) is 19.3 Å². The van der Waals surface area contributed by atoms with E-state index in [0.29, 0.717) is 29.6 Å². The third kappa shape index (κ3) is 4.75. The summed E-state index contributed by atoms with van der Waals surface area (Å²) in [6.45, 7) is 2.13. The number of benzene rings is 2. The zero-order chi connectivity index (χ0) is 18.4. The second kappa shape index (κ2) is 8.70. The largest absolute Gasteiger partial charge is 0.497 e. The third-order valence-electron chi connectivity index (χ3n) is 4.83. The molecule has 2 aromatic carbocycles. The van der Waals surface area contributed by atoms with Crippen molar-refractivity contribution in [1.29, 1.82) is 0 Å². The second-order valence-corrected chi connectivity index (χ2v) is 6.56. The van der Waals surface area contributed by atoms with Crippen molar-refractivity contribution >= 4 is 5.91 Å². The summed E-state index contributed by atoms with van der Waals surface area (Å²) in [6.07, 6.45) is 2.89. The van der Waals surface area contributed by atoms with E-state index in [2.05, 4.69) is 0 Å². The molecule has 3 rings (SSSR count). The van der Waals surface area contributed by atoms with E-state index in [4.69, 9.17) is 9.47 Å². The van der Waals surface area contributed by atoms with Crippen molar-refractivity contribution in [3.8, 4) is 11.5 Å². The lowest BCUT2D eigenvalue weighted by Crippen LogP contribution is -2.38. The van der Waals surface area contributed by atoms with Gasteiger partial charge in [-0.3, -0.25) is 4.79 Å². The summed E-state index contributed by atoms with van der Waals surface area (Å²) in [4.78, 5) is 14.5. The van der Waals surface area contributed by atoms with Gasteiger partial charge >= 0.3 is 0 Å². The van der Waals surface area contributed by atoms with Gasteiger partial charge in [-0.15, -0.1) is 0 Å². The minimum Gasteiger partial charge on any atom is -0.497 e. The minimum absolute atomic E-state index is 0.0601. The van der Waals surface area contributed by atoms with Crippen molar-refractivity contribution in [3.05, 3.63) is 59.9 Å². The summed E-state index contributed by atoms with van der Waals surface area (Å²) in [5.41, 5.74) is 0.669. The van der Waals surface area contributed by atoms with Crippen LogP contribution >= 0.6 is 0 Å². The van der Waals surface area contributed by atoms with Crippen LogP contribution in [0.3, 0.4) is 0 Å². The molecular formula is C21H24FNO3. The molecule has 138 valence electrons. The number of ether oxygens (including phenoxy) is 2. The number of hydrogen-bond acceptors (Lipinski definition) is 3. The number of likely N-dealkylation sites (tertiary alicyclic amines) is 1. The molecular weight excluding hydrogens is 333 g/mol. The highest BCUT2D eigenvalue weighted by Gasteiger charge is 2.23. The van der Waals surface area contributed by atoms with E-state index in [1.807, 2.05) is 23.1 Å². The van der Waals surface area contributed by atoms with E-state index < -0.39 is 0 Å². The topological polar surface area (TPSA) is 38.8 Å². The maximum atomic E-state index is 12.9. The highest BCUT2D eigenvalue weighted by Crippen LogP contribution is 2.23. The number of hydrogen-bond donors (Lipinski definition) is 0. The number of rotatable bonds is 6. The molecule has 1 aliphatic heterocycles.